The number of rotatable bonds is 5. The third-order valence-corrected chi connectivity index (χ3v) is 5.61. The highest BCUT2D eigenvalue weighted by atomic mass is 16.4. The second-order valence-electron chi connectivity index (χ2n) is 7.27. The monoisotopic (exact) mass is 343 g/mol. The predicted octanol–water partition coefficient (Wildman–Crippen LogP) is 4.01. The smallest absolute Gasteiger partial charge is 0.283 e. The molecule has 0 atom stereocenters. The van der Waals surface area contributed by atoms with E-state index in [4.69, 9.17) is 8.83 Å². The van der Waals surface area contributed by atoms with Crippen LogP contribution in [-0.2, 0) is 4.79 Å². The molecule has 1 amide bonds. The number of hydrogen-bond donors (Lipinski definition) is 0. The Kier molecular flexibility index (Phi) is 4.85. The van der Waals surface area contributed by atoms with E-state index in [1.807, 2.05) is 11.0 Å². The van der Waals surface area contributed by atoms with Crippen LogP contribution in [0.3, 0.4) is 0 Å². The van der Waals surface area contributed by atoms with Crippen LogP contribution >= 0.6 is 0 Å². The summed E-state index contributed by atoms with van der Waals surface area (Å²) in [4.78, 5) is 14.4. The van der Waals surface area contributed by atoms with E-state index in [0.29, 0.717) is 29.9 Å². The molecule has 6 heteroatoms. The van der Waals surface area contributed by atoms with Gasteiger partial charge < -0.3 is 13.7 Å². The van der Waals surface area contributed by atoms with Crippen molar-refractivity contribution in [3.05, 3.63) is 24.3 Å². The molecule has 1 saturated carbocycles. The van der Waals surface area contributed by atoms with Gasteiger partial charge in [-0.15, -0.1) is 10.2 Å². The average Bonchev–Trinajstić information content (AvgIpc) is 3.42. The number of amides is 1. The Hall–Kier alpha value is -2.11. The minimum atomic E-state index is 0.232. The van der Waals surface area contributed by atoms with Gasteiger partial charge in [0.2, 0.25) is 11.8 Å². The van der Waals surface area contributed by atoms with E-state index in [2.05, 4.69) is 10.2 Å². The SMILES string of the molecule is O=C(CCC1CCCC1)N1CCC(c2nnc(-c3ccco3)o2)CC1. The molecule has 25 heavy (non-hydrogen) atoms. The summed E-state index contributed by atoms with van der Waals surface area (Å²) in [5.74, 6) is 3.00. The second kappa shape index (κ2) is 7.42. The summed E-state index contributed by atoms with van der Waals surface area (Å²) >= 11 is 0. The molecule has 0 radical (unpaired) electrons. The minimum Gasteiger partial charge on any atom is -0.459 e. The largest absolute Gasteiger partial charge is 0.459 e. The molecular formula is C19H25N3O3. The first-order valence-electron chi connectivity index (χ1n) is 9.44. The van der Waals surface area contributed by atoms with E-state index in [9.17, 15) is 4.79 Å². The lowest BCUT2D eigenvalue weighted by atomic mass is 9.96. The Bertz CT molecular complexity index is 681. The van der Waals surface area contributed by atoms with Gasteiger partial charge in [0.25, 0.3) is 5.89 Å². The van der Waals surface area contributed by atoms with Gasteiger partial charge in [-0.2, -0.15) is 0 Å². The standard InChI is InChI=1S/C19H25N3O3/c23-17(8-7-14-4-1-2-5-14)22-11-9-15(10-12-22)18-20-21-19(25-18)16-6-3-13-24-16/h3,6,13-15H,1-2,4-5,7-12H2. The van der Waals surface area contributed by atoms with Crippen molar-refractivity contribution in [2.75, 3.05) is 13.1 Å². The molecule has 0 bridgehead atoms. The molecule has 0 spiro atoms. The number of hydrogen-bond acceptors (Lipinski definition) is 5. The Labute approximate surface area is 147 Å². The Balaban J connectivity index is 1.27. The molecule has 134 valence electrons. The van der Waals surface area contributed by atoms with Crippen LogP contribution in [-0.4, -0.2) is 34.1 Å². The lowest BCUT2D eigenvalue weighted by Crippen LogP contribution is -2.38. The third-order valence-electron chi connectivity index (χ3n) is 5.61. The van der Waals surface area contributed by atoms with Crippen LogP contribution in [0.1, 0.15) is 63.2 Å². The Morgan fingerprint density at radius 2 is 1.96 bits per heavy atom. The molecule has 0 unspecified atom stereocenters. The first-order valence-corrected chi connectivity index (χ1v) is 9.44. The summed E-state index contributed by atoms with van der Waals surface area (Å²) < 4.78 is 11.0. The van der Waals surface area contributed by atoms with Crippen LogP contribution in [0.5, 0.6) is 0 Å². The van der Waals surface area contributed by atoms with Crippen molar-refractivity contribution in [3.63, 3.8) is 0 Å². The van der Waals surface area contributed by atoms with E-state index < -0.39 is 0 Å². The molecule has 2 aliphatic rings. The minimum absolute atomic E-state index is 0.232. The Morgan fingerprint density at radius 3 is 2.68 bits per heavy atom. The van der Waals surface area contributed by atoms with Gasteiger partial charge in [-0.25, -0.2) is 0 Å². The highest BCUT2D eigenvalue weighted by molar-refractivity contribution is 5.76. The molecule has 2 fully saturated rings. The van der Waals surface area contributed by atoms with Gasteiger partial charge in [0.15, 0.2) is 5.76 Å². The zero-order valence-corrected chi connectivity index (χ0v) is 14.5. The van der Waals surface area contributed by atoms with Gasteiger partial charge in [-0.3, -0.25) is 4.79 Å². The summed E-state index contributed by atoms with van der Waals surface area (Å²) in [6.45, 7) is 1.57. The zero-order chi connectivity index (χ0) is 17.1. The third kappa shape index (κ3) is 3.78. The number of nitrogens with zero attached hydrogens (tertiary/aromatic N) is 3. The molecule has 1 saturated heterocycles. The molecule has 1 aliphatic carbocycles. The number of aromatic nitrogens is 2. The van der Waals surface area contributed by atoms with Crippen LogP contribution in [0.25, 0.3) is 11.7 Å². The maximum Gasteiger partial charge on any atom is 0.283 e. The fourth-order valence-electron chi connectivity index (χ4n) is 4.06. The molecule has 2 aromatic heterocycles. The molecule has 0 N–H and O–H groups in total. The van der Waals surface area contributed by atoms with Crippen LogP contribution in [0.15, 0.2) is 27.2 Å². The van der Waals surface area contributed by atoms with E-state index in [1.54, 1.807) is 12.3 Å². The fourth-order valence-corrected chi connectivity index (χ4v) is 4.06. The van der Waals surface area contributed by atoms with Gasteiger partial charge in [0.1, 0.15) is 0 Å². The fraction of sp³-hybridized carbons (Fsp3) is 0.632. The molecule has 4 rings (SSSR count). The normalized spacial score (nSPS) is 19.6. The van der Waals surface area contributed by atoms with Crippen molar-refractivity contribution in [3.8, 4) is 11.7 Å². The molecule has 2 aromatic rings. The van der Waals surface area contributed by atoms with Crippen LogP contribution in [0.4, 0.5) is 0 Å². The van der Waals surface area contributed by atoms with Gasteiger partial charge in [-0.05, 0) is 37.3 Å². The molecule has 6 nitrogen and oxygen atoms in total. The van der Waals surface area contributed by atoms with E-state index in [-0.39, 0.29) is 5.92 Å². The summed E-state index contributed by atoms with van der Waals surface area (Å²) in [7, 11) is 0. The van der Waals surface area contributed by atoms with Gasteiger partial charge in [0, 0.05) is 25.4 Å². The zero-order valence-electron chi connectivity index (χ0n) is 14.5. The van der Waals surface area contributed by atoms with E-state index >= 15 is 0 Å². The van der Waals surface area contributed by atoms with Gasteiger partial charge in [0.05, 0.1) is 6.26 Å². The number of furan rings is 1. The lowest BCUT2D eigenvalue weighted by molar-refractivity contribution is -0.132. The van der Waals surface area contributed by atoms with Crippen molar-refractivity contribution < 1.29 is 13.6 Å². The highest BCUT2D eigenvalue weighted by Crippen LogP contribution is 2.31. The highest BCUT2D eigenvalue weighted by Gasteiger charge is 2.28. The summed E-state index contributed by atoms with van der Waals surface area (Å²) in [5, 5.41) is 8.24. The van der Waals surface area contributed by atoms with Crippen LogP contribution in [0, 0.1) is 5.92 Å². The Morgan fingerprint density at radius 1 is 1.16 bits per heavy atom. The summed E-state index contributed by atoms with van der Waals surface area (Å²) in [6, 6.07) is 3.61. The summed E-state index contributed by atoms with van der Waals surface area (Å²) in [6.07, 6.45) is 10.4. The predicted molar refractivity (Wildman–Crippen MR) is 91.7 cm³/mol. The lowest BCUT2D eigenvalue weighted by Gasteiger charge is -2.30. The van der Waals surface area contributed by atoms with Crippen molar-refractivity contribution in [2.24, 2.45) is 5.92 Å². The molecule has 3 heterocycles. The number of likely N-dealkylation sites (tertiary alicyclic amines) is 1. The molecule has 1 aliphatic heterocycles. The molecule has 0 aromatic carbocycles. The van der Waals surface area contributed by atoms with E-state index in [1.165, 1.54) is 25.7 Å². The number of carbonyl (C=O) groups excluding carboxylic acids is 1. The van der Waals surface area contributed by atoms with Gasteiger partial charge >= 0.3 is 0 Å². The maximum absolute atomic E-state index is 12.4. The van der Waals surface area contributed by atoms with Crippen LogP contribution in [0.2, 0.25) is 0 Å². The van der Waals surface area contributed by atoms with E-state index in [0.717, 1.165) is 38.3 Å². The maximum atomic E-state index is 12.4. The van der Waals surface area contributed by atoms with Crippen molar-refractivity contribution in [1.29, 1.82) is 0 Å². The summed E-state index contributed by atoms with van der Waals surface area (Å²) in [5.41, 5.74) is 0. The molecular weight excluding hydrogens is 318 g/mol. The van der Waals surface area contributed by atoms with Crippen LogP contribution < -0.4 is 0 Å². The first kappa shape index (κ1) is 16.4. The van der Waals surface area contributed by atoms with Crippen molar-refractivity contribution in [1.82, 2.24) is 15.1 Å². The van der Waals surface area contributed by atoms with Crippen molar-refractivity contribution in [2.45, 2.75) is 57.3 Å². The second-order valence-corrected chi connectivity index (χ2v) is 7.27. The number of piperidine rings is 1. The van der Waals surface area contributed by atoms with Crippen molar-refractivity contribution >= 4 is 5.91 Å². The average molecular weight is 343 g/mol. The first-order chi connectivity index (χ1) is 12.3. The quantitative estimate of drug-likeness (QED) is 0.820. The van der Waals surface area contributed by atoms with Gasteiger partial charge in [-0.1, -0.05) is 25.7 Å². The number of carbonyl (C=O) groups is 1. The topological polar surface area (TPSA) is 72.4 Å².